The van der Waals surface area contributed by atoms with Gasteiger partial charge in [0, 0.05) is 28.5 Å². The summed E-state index contributed by atoms with van der Waals surface area (Å²) in [6, 6.07) is 0. The predicted octanol–water partition coefficient (Wildman–Crippen LogP) is 5.16. The molecule has 1 aliphatic heterocycles. The van der Waals surface area contributed by atoms with Gasteiger partial charge >= 0.3 is 5.97 Å². The summed E-state index contributed by atoms with van der Waals surface area (Å²) in [5.74, 6) is -0.833. The largest absolute Gasteiger partial charge is 0.457 e. The molecular formula is C26H39NO5S2. The number of aryl methyl sites for hydroxylation is 1. The van der Waals surface area contributed by atoms with Crippen LogP contribution in [0.15, 0.2) is 22.6 Å². The Balaban J connectivity index is 2.34. The second kappa shape index (κ2) is 12.4. The van der Waals surface area contributed by atoms with Crippen molar-refractivity contribution >= 4 is 40.0 Å². The molecule has 0 spiro atoms. The summed E-state index contributed by atoms with van der Waals surface area (Å²) in [6.07, 6.45) is 4.93. The molecule has 2 heterocycles. The van der Waals surface area contributed by atoms with Gasteiger partial charge in [-0.1, -0.05) is 18.6 Å². The van der Waals surface area contributed by atoms with E-state index >= 15 is 0 Å². The number of aliphatic hydroxyl groups is 1. The lowest BCUT2D eigenvalue weighted by Crippen LogP contribution is -2.47. The van der Waals surface area contributed by atoms with E-state index in [1.54, 1.807) is 32.1 Å². The molecule has 5 atom stereocenters. The molecule has 34 heavy (non-hydrogen) atoms. The van der Waals surface area contributed by atoms with Crippen molar-refractivity contribution < 1.29 is 23.6 Å². The van der Waals surface area contributed by atoms with E-state index in [0.29, 0.717) is 6.42 Å². The highest BCUT2D eigenvalue weighted by Crippen LogP contribution is 2.28. The number of ketones is 1. The number of thiazole rings is 1. The fourth-order valence-electron chi connectivity index (χ4n) is 4.05. The molecule has 2 rings (SSSR count). The maximum atomic E-state index is 13.2. The van der Waals surface area contributed by atoms with E-state index in [1.165, 1.54) is 5.57 Å². The summed E-state index contributed by atoms with van der Waals surface area (Å²) in [7, 11) is -1.66. The Labute approximate surface area is 210 Å². The first-order chi connectivity index (χ1) is 15.8. The lowest BCUT2D eigenvalue weighted by atomic mass is 9.95. The molecule has 1 aromatic heterocycles. The zero-order valence-corrected chi connectivity index (χ0v) is 23.1. The van der Waals surface area contributed by atoms with Gasteiger partial charge in [0.05, 0.1) is 33.2 Å². The molecule has 0 aromatic carbocycles. The Bertz CT molecular complexity index is 962. The van der Waals surface area contributed by atoms with Gasteiger partial charge in [-0.05, 0) is 72.5 Å². The normalized spacial score (nSPS) is 30.5. The number of hydrogen-bond acceptors (Lipinski definition) is 7. The van der Waals surface area contributed by atoms with Crippen LogP contribution in [0.1, 0.15) is 84.3 Å². The van der Waals surface area contributed by atoms with Crippen molar-refractivity contribution in [3.63, 3.8) is 0 Å². The summed E-state index contributed by atoms with van der Waals surface area (Å²) >= 11 is 1.56. The quantitative estimate of drug-likeness (QED) is 0.437. The number of cyclic esters (lactones) is 1. The SMILES string of the molecule is CC1=CC[C@@H](C(C)=Cc2csc(C)n2)OC(=O)C[C@@H](O)C(C)(C)S(=O)[C@H](C)C(=O)[C@@H](C)CCC1. The minimum absolute atomic E-state index is 0.0620. The molecule has 0 radical (unpaired) electrons. The number of esters is 1. The summed E-state index contributed by atoms with van der Waals surface area (Å²) in [6.45, 7) is 12.7. The molecule has 0 amide bonds. The van der Waals surface area contributed by atoms with Gasteiger partial charge in [-0.3, -0.25) is 13.8 Å². The second-order valence-electron chi connectivity index (χ2n) is 9.90. The van der Waals surface area contributed by atoms with Gasteiger partial charge in [0.2, 0.25) is 0 Å². The molecule has 8 heteroatoms. The van der Waals surface area contributed by atoms with Crippen molar-refractivity contribution in [2.24, 2.45) is 5.92 Å². The van der Waals surface area contributed by atoms with E-state index in [9.17, 15) is 18.9 Å². The van der Waals surface area contributed by atoms with Gasteiger partial charge < -0.3 is 9.84 Å². The molecule has 0 bridgehead atoms. The smallest absolute Gasteiger partial charge is 0.309 e. The van der Waals surface area contributed by atoms with E-state index in [4.69, 9.17) is 4.74 Å². The van der Waals surface area contributed by atoms with Gasteiger partial charge in [0.25, 0.3) is 0 Å². The standard InChI is InChI=1S/C26H39NO5S2/c1-16-9-8-10-17(2)25(30)19(4)34(31)26(6,7)23(28)14-24(29)32-22(12-11-16)18(3)13-21-15-33-20(5)27-21/h11,13,15,17,19,22-23,28H,8-10,12,14H2,1-7H3/t17-,19+,22-,23+,34?/m0/s1. The maximum Gasteiger partial charge on any atom is 0.309 e. The number of allylic oxidation sites excluding steroid dienone is 1. The first-order valence-electron chi connectivity index (χ1n) is 11.9. The highest BCUT2D eigenvalue weighted by atomic mass is 32.2. The Morgan fingerprint density at radius 3 is 2.59 bits per heavy atom. The minimum Gasteiger partial charge on any atom is -0.457 e. The van der Waals surface area contributed by atoms with Gasteiger partial charge in [0.1, 0.15) is 6.10 Å². The average molecular weight is 510 g/mol. The molecule has 1 unspecified atom stereocenters. The van der Waals surface area contributed by atoms with Crippen molar-refractivity contribution in [2.45, 2.75) is 103 Å². The zero-order chi connectivity index (χ0) is 25.6. The molecule has 1 aliphatic rings. The summed E-state index contributed by atoms with van der Waals surface area (Å²) in [5, 5.41) is 13.0. The number of nitrogens with zero attached hydrogens (tertiary/aromatic N) is 1. The number of carbonyl (C=O) groups is 2. The molecular weight excluding hydrogens is 470 g/mol. The number of Topliss-reactive ketones (excluding diaryl/α,β-unsaturated/α-hetero) is 1. The number of ether oxygens (including phenoxy) is 1. The molecule has 0 saturated carbocycles. The Kier molecular flexibility index (Phi) is 10.4. The summed E-state index contributed by atoms with van der Waals surface area (Å²) < 4.78 is 17.9. The first kappa shape index (κ1) is 28.6. The minimum atomic E-state index is -1.66. The summed E-state index contributed by atoms with van der Waals surface area (Å²) in [5.41, 5.74) is 2.87. The van der Waals surface area contributed by atoms with E-state index in [1.807, 2.05) is 39.2 Å². The fraction of sp³-hybridized carbons (Fsp3) is 0.654. The van der Waals surface area contributed by atoms with E-state index in [-0.39, 0.29) is 18.1 Å². The number of aromatic nitrogens is 1. The van der Waals surface area contributed by atoms with Crippen molar-refractivity contribution in [1.82, 2.24) is 4.98 Å². The van der Waals surface area contributed by atoms with Crippen molar-refractivity contribution in [2.75, 3.05) is 0 Å². The van der Waals surface area contributed by atoms with Crippen LogP contribution in [0.2, 0.25) is 0 Å². The molecule has 1 N–H and O–H groups in total. The molecule has 1 aromatic rings. The lowest BCUT2D eigenvalue weighted by molar-refractivity contribution is -0.149. The van der Waals surface area contributed by atoms with E-state index in [2.05, 4.69) is 11.1 Å². The van der Waals surface area contributed by atoms with Crippen molar-refractivity contribution in [1.29, 1.82) is 0 Å². The zero-order valence-electron chi connectivity index (χ0n) is 21.4. The Hall–Kier alpha value is -1.64. The first-order valence-corrected chi connectivity index (χ1v) is 14.0. The number of hydrogen-bond donors (Lipinski definition) is 1. The van der Waals surface area contributed by atoms with Crippen LogP contribution in [0.4, 0.5) is 0 Å². The van der Waals surface area contributed by atoms with Crippen LogP contribution in [0.5, 0.6) is 0 Å². The summed E-state index contributed by atoms with van der Waals surface area (Å²) in [4.78, 5) is 30.2. The monoisotopic (exact) mass is 509 g/mol. The van der Waals surface area contributed by atoms with Crippen molar-refractivity contribution in [3.8, 4) is 0 Å². The average Bonchev–Trinajstić information content (AvgIpc) is 3.18. The predicted molar refractivity (Wildman–Crippen MR) is 139 cm³/mol. The Morgan fingerprint density at radius 2 is 1.97 bits per heavy atom. The number of carbonyl (C=O) groups excluding carboxylic acids is 2. The van der Waals surface area contributed by atoms with Crippen molar-refractivity contribution in [3.05, 3.63) is 33.3 Å². The maximum absolute atomic E-state index is 13.2. The van der Waals surface area contributed by atoms with Crippen LogP contribution < -0.4 is 0 Å². The van der Waals surface area contributed by atoms with E-state index < -0.39 is 39.0 Å². The third-order valence-electron chi connectivity index (χ3n) is 6.57. The number of aliphatic hydroxyl groups excluding tert-OH is 1. The van der Waals surface area contributed by atoms with Crippen LogP contribution in [0.3, 0.4) is 0 Å². The van der Waals surface area contributed by atoms with Crippen LogP contribution in [0.25, 0.3) is 6.08 Å². The molecule has 0 saturated heterocycles. The van der Waals surface area contributed by atoms with Gasteiger partial charge in [-0.15, -0.1) is 11.3 Å². The molecule has 0 fully saturated rings. The fourth-order valence-corrected chi connectivity index (χ4v) is 6.32. The van der Waals surface area contributed by atoms with Crippen LogP contribution >= 0.6 is 11.3 Å². The lowest BCUT2D eigenvalue weighted by Gasteiger charge is -2.32. The van der Waals surface area contributed by atoms with Crippen LogP contribution in [0, 0.1) is 12.8 Å². The topological polar surface area (TPSA) is 93.6 Å². The van der Waals surface area contributed by atoms with Gasteiger partial charge in [0.15, 0.2) is 5.78 Å². The molecule has 0 aliphatic carbocycles. The second-order valence-corrected chi connectivity index (χ2v) is 13.3. The van der Waals surface area contributed by atoms with Gasteiger partial charge in [-0.2, -0.15) is 0 Å². The number of rotatable bonds is 2. The molecule has 190 valence electrons. The highest BCUT2D eigenvalue weighted by Gasteiger charge is 2.41. The third kappa shape index (κ3) is 7.68. The van der Waals surface area contributed by atoms with Crippen LogP contribution in [-0.2, 0) is 25.1 Å². The third-order valence-corrected chi connectivity index (χ3v) is 9.55. The van der Waals surface area contributed by atoms with Crippen LogP contribution in [-0.4, -0.2) is 48.3 Å². The van der Waals surface area contributed by atoms with E-state index in [0.717, 1.165) is 35.5 Å². The van der Waals surface area contributed by atoms with Gasteiger partial charge in [-0.25, -0.2) is 4.98 Å². The Morgan fingerprint density at radius 1 is 1.29 bits per heavy atom. The highest BCUT2D eigenvalue weighted by molar-refractivity contribution is 7.87. The molecule has 6 nitrogen and oxygen atoms in total.